The molecule has 1 aromatic heterocycles. The fourth-order valence-electron chi connectivity index (χ4n) is 4.77. The summed E-state index contributed by atoms with van der Waals surface area (Å²) in [4.78, 5) is 28.5. The third-order valence-corrected chi connectivity index (χ3v) is 8.33. The molecule has 3 aromatic carbocycles. The Labute approximate surface area is 243 Å². The molecule has 0 saturated heterocycles. The first-order chi connectivity index (χ1) is 19.5. The summed E-state index contributed by atoms with van der Waals surface area (Å²) >= 11 is 8.24. The number of nitrogens with zero attached hydrogens (tertiary/aromatic N) is 3. The molecule has 2 heterocycles. The van der Waals surface area contributed by atoms with Crippen LogP contribution in [0.2, 0.25) is 5.02 Å². The van der Waals surface area contributed by atoms with Gasteiger partial charge in [-0.05, 0) is 37.1 Å². The van der Waals surface area contributed by atoms with Gasteiger partial charge in [-0.1, -0.05) is 77.8 Å². The first-order valence-electron chi connectivity index (χ1n) is 13.2. The van der Waals surface area contributed by atoms with Crippen molar-refractivity contribution in [2.24, 2.45) is 0 Å². The molecule has 1 atom stereocenters. The van der Waals surface area contributed by atoms with E-state index in [1.165, 1.54) is 11.8 Å². The van der Waals surface area contributed by atoms with Gasteiger partial charge in [0.1, 0.15) is 12.4 Å². The lowest BCUT2D eigenvalue weighted by atomic mass is 9.99. The Hall–Kier alpha value is -3.59. The number of carbonyl (C=O) groups excluding carboxylic acids is 2. The van der Waals surface area contributed by atoms with E-state index in [9.17, 15) is 9.59 Å². The molecule has 0 saturated carbocycles. The van der Waals surface area contributed by atoms with Crippen LogP contribution < -0.4 is 10.2 Å². The van der Waals surface area contributed by atoms with Gasteiger partial charge in [0, 0.05) is 36.4 Å². The minimum Gasteiger partial charge on any atom is -0.385 e. The largest absolute Gasteiger partial charge is 0.385 e. The molecule has 0 spiro atoms. The van der Waals surface area contributed by atoms with Crippen LogP contribution in [0.3, 0.4) is 0 Å². The zero-order valence-electron chi connectivity index (χ0n) is 22.5. The van der Waals surface area contributed by atoms with E-state index in [1.807, 2.05) is 85.8 Å². The van der Waals surface area contributed by atoms with Crippen LogP contribution in [-0.2, 0) is 14.3 Å². The Morgan fingerprint density at radius 1 is 1.07 bits per heavy atom. The number of thioether (sulfide) groups is 1. The lowest BCUT2D eigenvalue weighted by Gasteiger charge is -2.23. The highest BCUT2D eigenvalue weighted by Gasteiger charge is 2.38. The van der Waals surface area contributed by atoms with Gasteiger partial charge in [0.2, 0.25) is 11.8 Å². The molecule has 9 heteroatoms. The Balaban J connectivity index is 1.71. The molecule has 7 nitrogen and oxygen atoms in total. The smallest absolute Gasteiger partial charge is 0.240 e. The summed E-state index contributed by atoms with van der Waals surface area (Å²) < 4.78 is 6.89. The fourth-order valence-corrected chi connectivity index (χ4v) is 6.31. The lowest BCUT2D eigenvalue weighted by Crippen LogP contribution is -2.42. The highest BCUT2D eigenvalue weighted by molar-refractivity contribution is 8.00. The topological polar surface area (TPSA) is 76.5 Å². The van der Waals surface area contributed by atoms with Crippen LogP contribution in [0, 0.1) is 6.92 Å². The SMILES string of the molecule is COCCCNC(=O)CN1C(=O)CS[C@@H](c2ccccc2Cl)c2c(-c3ccccc3)nn(-c3ccc(C)cc3)c21. The number of aryl methyl sites for hydroxylation is 1. The Kier molecular flexibility index (Phi) is 8.89. The maximum Gasteiger partial charge on any atom is 0.240 e. The highest BCUT2D eigenvalue weighted by atomic mass is 35.5. The molecule has 1 N–H and O–H groups in total. The van der Waals surface area contributed by atoms with Gasteiger partial charge in [0.15, 0.2) is 0 Å². The maximum absolute atomic E-state index is 13.8. The maximum atomic E-state index is 13.8. The summed E-state index contributed by atoms with van der Waals surface area (Å²) in [6, 6.07) is 25.6. The van der Waals surface area contributed by atoms with Gasteiger partial charge in [-0.15, -0.1) is 11.8 Å². The number of anilines is 1. The molecule has 0 unspecified atom stereocenters. The molecule has 1 aliphatic heterocycles. The van der Waals surface area contributed by atoms with Crippen LogP contribution in [0.15, 0.2) is 78.9 Å². The number of rotatable bonds is 9. The number of halogens is 1. The zero-order chi connectivity index (χ0) is 28.1. The van der Waals surface area contributed by atoms with E-state index in [1.54, 1.807) is 16.7 Å². The first kappa shape index (κ1) is 28.0. The quantitative estimate of drug-likeness (QED) is 0.255. The van der Waals surface area contributed by atoms with Crippen molar-refractivity contribution in [3.8, 4) is 16.9 Å². The third kappa shape index (κ3) is 5.94. The van der Waals surface area contributed by atoms with Crippen LogP contribution in [0.25, 0.3) is 16.9 Å². The fraction of sp³-hybridized carbons (Fsp3) is 0.258. The number of benzene rings is 3. The standard InChI is InChI=1S/C31H31ClN4O3S/c1-21-13-15-23(16-14-21)36-31-28(29(34-36)22-9-4-3-5-10-22)30(24-11-6-7-12-25(24)32)40-20-27(38)35(31)19-26(37)33-17-8-18-39-2/h3-7,9-16,30H,8,17-20H2,1-2H3,(H,33,37)/t30-/m0/s1. The number of hydrogen-bond acceptors (Lipinski definition) is 5. The van der Waals surface area contributed by atoms with Gasteiger partial charge in [-0.3, -0.25) is 14.5 Å². The monoisotopic (exact) mass is 574 g/mol. The van der Waals surface area contributed by atoms with E-state index >= 15 is 0 Å². The Morgan fingerprint density at radius 3 is 2.52 bits per heavy atom. The van der Waals surface area contributed by atoms with E-state index in [0.717, 1.165) is 33.6 Å². The molecule has 2 amide bonds. The van der Waals surface area contributed by atoms with Crippen molar-refractivity contribution < 1.29 is 14.3 Å². The molecule has 40 heavy (non-hydrogen) atoms. The molecule has 1 aliphatic rings. The number of hydrogen-bond donors (Lipinski definition) is 1. The number of aromatic nitrogens is 2. The van der Waals surface area contributed by atoms with Crippen LogP contribution >= 0.6 is 23.4 Å². The summed E-state index contributed by atoms with van der Waals surface area (Å²) in [6.07, 6.45) is 0.686. The van der Waals surface area contributed by atoms with Gasteiger partial charge in [0.25, 0.3) is 0 Å². The van der Waals surface area contributed by atoms with Gasteiger partial charge in [0.05, 0.1) is 22.4 Å². The first-order valence-corrected chi connectivity index (χ1v) is 14.6. The lowest BCUT2D eigenvalue weighted by molar-refractivity contribution is -0.122. The Bertz CT molecular complexity index is 1490. The second-order valence-electron chi connectivity index (χ2n) is 9.59. The number of methoxy groups -OCH3 is 1. The molecule has 0 aliphatic carbocycles. The average molecular weight is 575 g/mol. The van der Waals surface area contributed by atoms with Crippen LogP contribution in [0.5, 0.6) is 0 Å². The average Bonchev–Trinajstić information content (AvgIpc) is 3.29. The van der Waals surface area contributed by atoms with Crippen LogP contribution in [-0.4, -0.2) is 54.2 Å². The number of carbonyl (C=O) groups is 2. The highest BCUT2D eigenvalue weighted by Crippen LogP contribution is 2.49. The molecule has 5 rings (SSSR count). The number of ether oxygens (including phenoxy) is 1. The van der Waals surface area contributed by atoms with Gasteiger partial charge < -0.3 is 10.1 Å². The van der Waals surface area contributed by atoms with Crippen molar-refractivity contribution in [1.29, 1.82) is 0 Å². The second-order valence-corrected chi connectivity index (χ2v) is 11.1. The zero-order valence-corrected chi connectivity index (χ0v) is 24.0. The van der Waals surface area contributed by atoms with Gasteiger partial charge in [-0.25, -0.2) is 4.68 Å². The summed E-state index contributed by atoms with van der Waals surface area (Å²) in [5, 5.41) is 8.36. The van der Waals surface area contributed by atoms with Crippen molar-refractivity contribution in [3.63, 3.8) is 0 Å². The molecule has 0 fully saturated rings. The van der Waals surface area contributed by atoms with Gasteiger partial charge >= 0.3 is 0 Å². The van der Waals surface area contributed by atoms with Crippen LogP contribution in [0.4, 0.5) is 5.82 Å². The summed E-state index contributed by atoms with van der Waals surface area (Å²) in [7, 11) is 1.63. The second kappa shape index (κ2) is 12.7. The molecule has 4 aromatic rings. The molecular formula is C31H31ClN4O3S. The summed E-state index contributed by atoms with van der Waals surface area (Å²) in [6.45, 7) is 2.91. The third-order valence-electron chi connectivity index (χ3n) is 6.75. The summed E-state index contributed by atoms with van der Waals surface area (Å²) in [5.74, 6) is 0.355. The summed E-state index contributed by atoms with van der Waals surface area (Å²) in [5.41, 5.74) is 5.32. The number of amides is 2. The predicted octanol–water partition coefficient (Wildman–Crippen LogP) is 5.82. The van der Waals surface area contributed by atoms with E-state index < -0.39 is 0 Å². The molecule has 0 bridgehead atoms. The predicted molar refractivity (Wildman–Crippen MR) is 161 cm³/mol. The van der Waals surface area contributed by atoms with Gasteiger partial charge in [-0.2, -0.15) is 5.10 Å². The van der Waals surface area contributed by atoms with E-state index in [4.69, 9.17) is 21.4 Å². The number of nitrogens with one attached hydrogen (secondary N) is 1. The number of fused-ring (bicyclic) bond motifs is 1. The van der Waals surface area contributed by atoms with Crippen LogP contribution in [0.1, 0.15) is 28.4 Å². The van der Waals surface area contributed by atoms with Crippen molar-refractivity contribution in [2.75, 3.05) is 37.5 Å². The van der Waals surface area contributed by atoms with Crippen molar-refractivity contribution in [2.45, 2.75) is 18.6 Å². The minimum atomic E-state index is -0.281. The van der Waals surface area contributed by atoms with E-state index in [2.05, 4.69) is 5.32 Å². The van der Waals surface area contributed by atoms with E-state index in [0.29, 0.717) is 30.4 Å². The Morgan fingerprint density at radius 2 is 1.80 bits per heavy atom. The molecular weight excluding hydrogens is 544 g/mol. The van der Waals surface area contributed by atoms with E-state index in [-0.39, 0.29) is 29.4 Å². The normalized spacial score (nSPS) is 15.0. The van der Waals surface area contributed by atoms with Crippen molar-refractivity contribution in [1.82, 2.24) is 15.1 Å². The minimum absolute atomic E-state index is 0.125. The van der Waals surface area contributed by atoms with Crippen molar-refractivity contribution in [3.05, 3.63) is 101 Å². The molecule has 0 radical (unpaired) electrons. The molecule has 206 valence electrons. The van der Waals surface area contributed by atoms with Crippen molar-refractivity contribution >= 4 is 41.0 Å².